The van der Waals surface area contributed by atoms with Crippen molar-refractivity contribution in [2.24, 2.45) is 0 Å². The lowest BCUT2D eigenvalue weighted by Gasteiger charge is -2.40. The number of carbonyl (C=O) groups excluding carboxylic acids is 1. The molecule has 3 aromatic rings. The van der Waals surface area contributed by atoms with Crippen LogP contribution in [0.2, 0.25) is 0 Å². The lowest BCUT2D eigenvalue weighted by atomic mass is 10.0. The third-order valence-corrected chi connectivity index (χ3v) is 6.39. The molecule has 0 unspecified atom stereocenters. The summed E-state index contributed by atoms with van der Waals surface area (Å²) in [5.74, 6) is -2.82. The predicted molar refractivity (Wildman–Crippen MR) is 132 cm³/mol. The summed E-state index contributed by atoms with van der Waals surface area (Å²) in [5, 5.41) is 2.74. The fourth-order valence-corrected chi connectivity index (χ4v) is 4.39. The molecule has 1 aliphatic heterocycles. The summed E-state index contributed by atoms with van der Waals surface area (Å²) in [7, 11) is 3.93. The van der Waals surface area contributed by atoms with Crippen LogP contribution in [0, 0.1) is 17.5 Å². The predicted octanol–water partition coefficient (Wildman–Crippen LogP) is 4.46. The Morgan fingerprint density at radius 2 is 1.49 bits per heavy atom. The number of hydrogen-bond acceptors (Lipinski definition) is 4. The molecule has 8 heteroatoms. The molecule has 1 aliphatic rings. The number of nitrogens with zero attached hydrogens (tertiary/aromatic N) is 3. The molecule has 0 radical (unpaired) electrons. The number of carbonyl (C=O) groups is 1. The Bertz CT molecular complexity index is 1120. The van der Waals surface area contributed by atoms with Crippen molar-refractivity contribution in [1.82, 2.24) is 10.2 Å². The van der Waals surface area contributed by atoms with E-state index < -0.39 is 23.1 Å². The van der Waals surface area contributed by atoms with Gasteiger partial charge in [0.2, 0.25) is 0 Å². The topological polar surface area (TPSA) is 38.8 Å². The minimum atomic E-state index is -0.887. The zero-order valence-corrected chi connectivity index (χ0v) is 19.8. The molecular formula is C27H29F3N4O. The monoisotopic (exact) mass is 482 g/mol. The van der Waals surface area contributed by atoms with Gasteiger partial charge in [-0.05, 0) is 54.1 Å². The second-order valence-electron chi connectivity index (χ2n) is 8.81. The van der Waals surface area contributed by atoms with E-state index in [0.717, 1.165) is 42.2 Å². The zero-order chi connectivity index (χ0) is 24.9. The summed E-state index contributed by atoms with van der Waals surface area (Å²) in [6, 6.07) is 17.7. The van der Waals surface area contributed by atoms with Gasteiger partial charge in [-0.1, -0.05) is 18.2 Å². The minimum absolute atomic E-state index is 0.180. The molecule has 1 N–H and O–H groups in total. The first-order valence-electron chi connectivity index (χ1n) is 11.6. The molecule has 1 atom stereocenters. The van der Waals surface area contributed by atoms with Crippen LogP contribution in [0.4, 0.5) is 24.5 Å². The van der Waals surface area contributed by atoms with Crippen molar-refractivity contribution in [1.29, 1.82) is 0 Å². The van der Waals surface area contributed by atoms with Crippen LogP contribution < -0.4 is 15.1 Å². The third kappa shape index (κ3) is 5.77. The number of hydrogen-bond donors (Lipinski definition) is 1. The van der Waals surface area contributed by atoms with Crippen LogP contribution in [0.15, 0.2) is 66.7 Å². The number of nitrogens with one attached hydrogen (secondary N) is 1. The maximum atomic E-state index is 14.1. The van der Waals surface area contributed by atoms with E-state index in [9.17, 15) is 18.0 Å². The van der Waals surface area contributed by atoms with E-state index in [2.05, 4.69) is 15.1 Å². The van der Waals surface area contributed by atoms with Gasteiger partial charge in [0.1, 0.15) is 23.0 Å². The number of rotatable bonds is 7. The van der Waals surface area contributed by atoms with Crippen LogP contribution in [-0.2, 0) is 0 Å². The minimum Gasteiger partial charge on any atom is -0.378 e. The highest BCUT2D eigenvalue weighted by Gasteiger charge is 2.27. The SMILES string of the molecule is CN(C)c1ccc([C@H](CNC(=O)c2c(F)cccc2F)N2CCN(c3ccc(F)cc3)CC2)cc1. The molecule has 3 aromatic carbocycles. The molecular weight excluding hydrogens is 453 g/mol. The van der Waals surface area contributed by atoms with Crippen molar-refractivity contribution in [2.45, 2.75) is 6.04 Å². The molecule has 5 nitrogen and oxygen atoms in total. The Hall–Kier alpha value is -3.52. The second-order valence-corrected chi connectivity index (χ2v) is 8.81. The normalized spacial score (nSPS) is 15.1. The third-order valence-electron chi connectivity index (χ3n) is 6.39. The fourth-order valence-electron chi connectivity index (χ4n) is 4.39. The van der Waals surface area contributed by atoms with Crippen molar-refractivity contribution in [2.75, 3.05) is 56.6 Å². The lowest BCUT2D eigenvalue weighted by molar-refractivity contribution is 0.0921. The first kappa shape index (κ1) is 24.6. The van der Waals surface area contributed by atoms with Gasteiger partial charge < -0.3 is 15.1 Å². The van der Waals surface area contributed by atoms with E-state index in [-0.39, 0.29) is 18.4 Å². The van der Waals surface area contributed by atoms with E-state index in [0.29, 0.717) is 13.1 Å². The molecule has 1 heterocycles. The Morgan fingerprint density at radius 1 is 0.886 bits per heavy atom. The van der Waals surface area contributed by atoms with Crippen molar-refractivity contribution in [3.8, 4) is 0 Å². The van der Waals surface area contributed by atoms with Gasteiger partial charge in [-0.3, -0.25) is 9.69 Å². The Balaban J connectivity index is 1.50. The van der Waals surface area contributed by atoms with E-state index >= 15 is 0 Å². The number of piperazine rings is 1. The summed E-state index contributed by atoms with van der Waals surface area (Å²) in [6.07, 6.45) is 0. The Kier molecular flexibility index (Phi) is 7.60. The van der Waals surface area contributed by atoms with E-state index in [1.807, 2.05) is 43.3 Å². The number of halogens is 3. The number of anilines is 2. The number of benzene rings is 3. The van der Waals surface area contributed by atoms with Gasteiger partial charge in [0, 0.05) is 58.2 Å². The maximum absolute atomic E-state index is 14.1. The van der Waals surface area contributed by atoms with Crippen molar-refractivity contribution in [3.05, 3.63) is 95.3 Å². The van der Waals surface area contributed by atoms with Gasteiger partial charge in [0.05, 0.1) is 6.04 Å². The van der Waals surface area contributed by atoms with Gasteiger partial charge in [-0.25, -0.2) is 13.2 Å². The van der Waals surface area contributed by atoms with Gasteiger partial charge in [-0.15, -0.1) is 0 Å². The number of amides is 1. The summed E-state index contributed by atoms with van der Waals surface area (Å²) in [4.78, 5) is 19.1. The summed E-state index contributed by atoms with van der Waals surface area (Å²) < 4.78 is 41.5. The summed E-state index contributed by atoms with van der Waals surface area (Å²) >= 11 is 0. The molecule has 1 fully saturated rings. The van der Waals surface area contributed by atoms with Crippen LogP contribution in [-0.4, -0.2) is 57.6 Å². The summed E-state index contributed by atoms with van der Waals surface area (Å²) in [5.41, 5.74) is 2.43. The van der Waals surface area contributed by atoms with Crippen LogP contribution in [0.3, 0.4) is 0 Å². The van der Waals surface area contributed by atoms with Crippen LogP contribution >= 0.6 is 0 Å². The largest absolute Gasteiger partial charge is 0.378 e. The standard InChI is InChI=1S/C27H29F3N4O/c1-32(2)21-10-6-19(7-11-21)25(18-31-27(35)26-23(29)4-3-5-24(26)30)34-16-14-33(15-17-34)22-12-8-20(28)9-13-22/h3-13,25H,14-18H2,1-2H3,(H,31,35)/t25-/m0/s1. The molecule has 1 saturated heterocycles. The van der Waals surface area contributed by atoms with Gasteiger partial charge >= 0.3 is 0 Å². The van der Waals surface area contributed by atoms with E-state index in [1.54, 1.807) is 12.1 Å². The molecule has 0 aromatic heterocycles. The van der Waals surface area contributed by atoms with Crippen molar-refractivity contribution in [3.63, 3.8) is 0 Å². The average molecular weight is 483 g/mol. The van der Waals surface area contributed by atoms with E-state index in [1.165, 1.54) is 18.2 Å². The van der Waals surface area contributed by atoms with Crippen LogP contribution in [0.5, 0.6) is 0 Å². The van der Waals surface area contributed by atoms with Gasteiger partial charge in [0.15, 0.2) is 0 Å². The fraction of sp³-hybridized carbons (Fsp3) is 0.296. The van der Waals surface area contributed by atoms with E-state index in [4.69, 9.17) is 0 Å². The van der Waals surface area contributed by atoms with Crippen molar-refractivity contribution >= 4 is 17.3 Å². The molecule has 184 valence electrons. The lowest BCUT2D eigenvalue weighted by Crippen LogP contribution is -2.50. The van der Waals surface area contributed by atoms with Crippen molar-refractivity contribution < 1.29 is 18.0 Å². The zero-order valence-electron chi connectivity index (χ0n) is 19.8. The molecule has 35 heavy (non-hydrogen) atoms. The highest BCUT2D eigenvalue weighted by Crippen LogP contribution is 2.26. The first-order valence-corrected chi connectivity index (χ1v) is 11.6. The second kappa shape index (κ2) is 10.8. The molecule has 0 aliphatic carbocycles. The first-order chi connectivity index (χ1) is 16.8. The molecule has 0 spiro atoms. The molecule has 0 saturated carbocycles. The highest BCUT2D eigenvalue weighted by atomic mass is 19.1. The smallest absolute Gasteiger partial charge is 0.257 e. The summed E-state index contributed by atoms with van der Waals surface area (Å²) in [6.45, 7) is 3.08. The molecule has 1 amide bonds. The van der Waals surface area contributed by atoms with Crippen LogP contribution in [0.25, 0.3) is 0 Å². The van der Waals surface area contributed by atoms with Gasteiger partial charge in [-0.2, -0.15) is 0 Å². The van der Waals surface area contributed by atoms with Gasteiger partial charge in [0.25, 0.3) is 5.91 Å². The Labute approximate surface area is 203 Å². The quantitative estimate of drug-likeness (QED) is 0.540. The van der Waals surface area contributed by atoms with Crippen LogP contribution in [0.1, 0.15) is 22.0 Å². The highest BCUT2D eigenvalue weighted by molar-refractivity contribution is 5.94. The molecule has 4 rings (SSSR count). The Morgan fingerprint density at radius 3 is 2.06 bits per heavy atom. The molecule has 0 bridgehead atoms. The average Bonchev–Trinajstić information content (AvgIpc) is 2.85. The maximum Gasteiger partial charge on any atom is 0.257 e.